The van der Waals surface area contributed by atoms with Gasteiger partial charge in [-0.2, -0.15) is 0 Å². The van der Waals surface area contributed by atoms with Gasteiger partial charge in [0.1, 0.15) is 5.76 Å². The van der Waals surface area contributed by atoms with E-state index >= 15 is 0 Å². The average molecular weight is 428 g/mol. The zero-order chi connectivity index (χ0) is 20.2. The Balaban J connectivity index is 1.54. The second-order valence-electron chi connectivity index (χ2n) is 6.23. The smallest absolute Gasteiger partial charge is 0.243 e. The van der Waals surface area contributed by atoms with E-state index in [9.17, 15) is 14.4 Å². The first kappa shape index (κ1) is 19.5. The Morgan fingerprint density at radius 3 is 2.69 bits per heavy atom. The molecule has 2 aromatic rings. The van der Waals surface area contributed by atoms with Crippen LogP contribution in [0.4, 0.5) is 0 Å². The predicted molar refractivity (Wildman–Crippen MR) is 111 cm³/mol. The molecule has 3 heterocycles. The molecule has 0 aliphatic carbocycles. The van der Waals surface area contributed by atoms with Crippen LogP contribution in [0, 0.1) is 0 Å². The molecule has 2 aliphatic heterocycles. The van der Waals surface area contributed by atoms with Gasteiger partial charge in [-0.25, -0.2) is 0 Å². The fourth-order valence-electron chi connectivity index (χ4n) is 2.80. The third kappa shape index (κ3) is 4.60. The Morgan fingerprint density at radius 2 is 2.00 bits per heavy atom. The number of carbonyl (C=O) groups is 3. The Bertz CT molecular complexity index is 989. The summed E-state index contributed by atoms with van der Waals surface area (Å²) in [7, 11) is 0. The summed E-state index contributed by atoms with van der Waals surface area (Å²) in [6.07, 6.45) is 1.59. The molecule has 2 fully saturated rings. The average Bonchev–Trinajstić information content (AvgIpc) is 3.45. The second-order valence-corrected chi connectivity index (χ2v) is 8.36. The third-order valence-corrected chi connectivity index (χ3v) is 6.22. The van der Waals surface area contributed by atoms with E-state index in [0.29, 0.717) is 27.4 Å². The zero-order valence-corrected chi connectivity index (χ0v) is 16.7. The van der Waals surface area contributed by atoms with Crippen molar-refractivity contribution in [2.45, 2.75) is 18.2 Å². The number of hydrogen-bond donors (Lipinski definition) is 1. The van der Waals surface area contributed by atoms with Gasteiger partial charge in [-0.3, -0.25) is 19.3 Å². The maximum absolute atomic E-state index is 13.0. The van der Waals surface area contributed by atoms with Gasteiger partial charge in [0.25, 0.3) is 0 Å². The highest BCUT2D eigenvalue weighted by Gasteiger charge is 2.40. The highest BCUT2D eigenvalue weighted by atomic mass is 32.2. The lowest BCUT2D eigenvalue weighted by atomic mass is 10.1. The second kappa shape index (κ2) is 8.66. The van der Waals surface area contributed by atoms with Gasteiger partial charge in [0.15, 0.2) is 16.1 Å². The van der Waals surface area contributed by atoms with Crippen LogP contribution in [-0.2, 0) is 16.1 Å². The fourth-order valence-corrected chi connectivity index (χ4v) is 4.51. The molecule has 148 valence electrons. The van der Waals surface area contributed by atoms with E-state index < -0.39 is 5.25 Å². The number of benzene rings is 1. The molecule has 8 nitrogen and oxygen atoms in total. The lowest BCUT2D eigenvalue weighted by Crippen LogP contribution is -2.32. The van der Waals surface area contributed by atoms with Crippen molar-refractivity contribution in [2.75, 3.05) is 5.75 Å². The van der Waals surface area contributed by atoms with E-state index in [1.165, 1.54) is 34.7 Å². The van der Waals surface area contributed by atoms with E-state index in [4.69, 9.17) is 4.42 Å². The van der Waals surface area contributed by atoms with E-state index in [1.807, 2.05) is 6.07 Å². The Kier molecular flexibility index (Phi) is 5.81. The normalized spacial score (nSPS) is 21.9. The Morgan fingerprint density at radius 1 is 1.17 bits per heavy atom. The minimum atomic E-state index is -0.595. The van der Waals surface area contributed by atoms with E-state index in [0.717, 1.165) is 0 Å². The molecule has 0 spiro atoms. The van der Waals surface area contributed by atoms with E-state index in [-0.39, 0.29) is 30.6 Å². The van der Waals surface area contributed by atoms with Crippen molar-refractivity contribution >= 4 is 51.5 Å². The summed E-state index contributed by atoms with van der Waals surface area (Å²) in [5, 5.41) is 11.0. The summed E-state index contributed by atoms with van der Waals surface area (Å²) in [4.78, 5) is 38.3. The molecule has 1 aromatic heterocycles. The molecule has 29 heavy (non-hydrogen) atoms. The SMILES string of the molecule is O=C1CS/C(=N\N=C2/SC(CC(=O)c3ccccc3)C(=O)N2Cc2ccco2)N1. The molecular weight excluding hydrogens is 412 g/mol. The number of Topliss-reactive ketones (excluding diaryl/α,β-unsaturated/α-hetero) is 1. The van der Waals surface area contributed by atoms with Crippen molar-refractivity contribution in [1.82, 2.24) is 10.2 Å². The molecule has 2 amide bonds. The number of furan rings is 1. The van der Waals surface area contributed by atoms with Crippen molar-refractivity contribution in [3.8, 4) is 0 Å². The van der Waals surface area contributed by atoms with Gasteiger partial charge >= 0.3 is 0 Å². The number of amides is 2. The Labute approximate surface area is 174 Å². The minimum absolute atomic E-state index is 0.0588. The molecule has 2 saturated heterocycles. The van der Waals surface area contributed by atoms with E-state index in [2.05, 4.69) is 15.5 Å². The quantitative estimate of drug-likeness (QED) is 0.560. The van der Waals surface area contributed by atoms with Crippen LogP contribution < -0.4 is 5.32 Å². The van der Waals surface area contributed by atoms with Crippen LogP contribution in [0.25, 0.3) is 0 Å². The third-order valence-electron chi connectivity index (χ3n) is 4.19. The minimum Gasteiger partial charge on any atom is -0.467 e. The Hall–Kier alpha value is -2.85. The van der Waals surface area contributed by atoms with Crippen molar-refractivity contribution in [3.63, 3.8) is 0 Å². The molecule has 0 bridgehead atoms. The highest BCUT2D eigenvalue weighted by Crippen LogP contribution is 2.32. The van der Waals surface area contributed by atoms with Crippen molar-refractivity contribution < 1.29 is 18.8 Å². The number of rotatable bonds is 6. The summed E-state index contributed by atoms with van der Waals surface area (Å²) in [6.45, 7) is 0.193. The summed E-state index contributed by atoms with van der Waals surface area (Å²) in [6, 6.07) is 12.4. The maximum atomic E-state index is 13.0. The van der Waals surface area contributed by atoms with Crippen LogP contribution in [0.2, 0.25) is 0 Å². The molecule has 10 heteroatoms. The van der Waals surface area contributed by atoms with Gasteiger partial charge in [-0.1, -0.05) is 53.9 Å². The highest BCUT2D eigenvalue weighted by molar-refractivity contribution is 8.15. The molecule has 1 aromatic carbocycles. The fraction of sp³-hybridized carbons (Fsp3) is 0.211. The summed E-state index contributed by atoms with van der Waals surface area (Å²) < 4.78 is 5.35. The number of amidine groups is 2. The molecule has 1 N–H and O–H groups in total. The van der Waals surface area contributed by atoms with Crippen LogP contribution in [-0.4, -0.2) is 43.8 Å². The molecule has 2 aliphatic rings. The number of ketones is 1. The number of carbonyl (C=O) groups excluding carboxylic acids is 3. The lowest BCUT2D eigenvalue weighted by molar-refractivity contribution is -0.126. The van der Waals surface area contributed by atoms with Gasteiger partial charge in [-0.15, -0.1) is 10.2 Å². The van der Waals surface area contributed by atoms with Crippen molar-refractivity contribution in [3.05, 3.63) is 60.1 Å². The van der Waals surface area contributed by atoms with Crippen molar-refractivity contribution in [1.29, 1.82) is 0 Å². The van der Waals surface area contributed by atoms with Gasteiger partial charge in [0, 0.05) is 12.0 Å². The van der Waals surface area contributed by atoms with E-state index in [1.54, 1.807) is 36.4 Å². The van der Waals surface area contributed by atoms with Crippen LogP contribution in [0.3, 0.4) is 0 Å². The standard InChI is InChI=1S/C19H16N4O4S2/c24-14(12-5-2-1-3-6-12)9-15-17(26)23(10-13-7-4-8-27-13)19(29-15)22-21-18-20-16(25)11-28-18/h1-8,15H,9-11H2,(H,20,21,25)/b22-19-. The predicted octanol–water partition coefficient (Wildman–Crippen LogP) is 2.49. The number of nitrogens with zero attached hydrogens (tertiary/aromatic N) is 3. The molecule has 0 saturated carbocycles. The van der Waals surface area contributed by atoms with Crippen LogP contribution in [0.5, 0.6) is 0 Å². The first-order valence-corrected chi connectivity index (χ1v) is 10.6. The zero-order valence-electron chi connectivity index (χ0n) is 15.1. The monoisotopic (exact) mass is 428 g/mol. The molecule has 4 rings (SSSR count). The first-order valence-electron chi connectivity index (χ1n) is 8.77. The van der Waals surface area contributed by atoms with Crippen LogP contribution in [0.15, 0.2) is 63.3 Å². The van der Waals surface area contributed by atoms with Gasteiger partial charge in [0.2, 0.25) is 11.8 Å². The lowest BCUT2D eigenvalue weighted by Gasteiger charge is -2.14. The molecular formula is C19H16N4O4S2. The van der Waals surface area contributed by atoms with Gasteiger partial charge in [0.05, 0.1) is 23.8 Å². The molecule has 1 atom stereocenters. The number of hydrogen-bond acceptors (Lipinski definition) is 8. The molecule has 0 radical (unpaired) electrons. The maximum Gasteiger partial charge on any atom is 0.243 e. The van der Waals surface area contributed by atoms with Gasteiger partial charge < -0.3 is 9.73 Å². The topological polar surface area (TPSA) is 104 Å². The van der Waals surface area contributed by atoms with Crippen LogP contribution >= 0.6 is 23.5 Å². The summed E-state index contributed by atoms with van der Waals surface area (Å²) in [5.74, 6) is 0.416. The molecule has 1 unspecified atom stereocenters. The number of thioether (sulfide) groups is 2. The summed E-state index contributed by atoms with van der Waals surface area (Å²) in [5.41, 5.74) is 0.564. The largest absolute Gasteiger partial charge is 0.467 e. The van der Waals surface area contributed by atoms with Crippen LogP contribution in [0.1, 0.15) is 22.5 Å². The summed E-state index contributed by atoms with van der Waals surface area (Å²) >= 11 is 2.44. The first-order chi connectivity index (χ1) is 14.1. The van der Waals surface area contributed by atoms with Crippen molar-refractivity contribution in [2.24, 2.45) is 10.2 Å². The van der Waals surface area contributed by atoms with Gasteiger partial charge in [-0.05, 0) is 12.1 Å². The number of nitrogens with one attached hydrogen (secondary N) is 1.